The van der Waals surface area contributed by atoms with E-state index in [0.29, 0.717) is 6.04 Å². The normalized spacial score (nSPS) is 36.7. The van der Waals surface area contributed by atoms with Crippen molar-refractivity contribution in [2.24, 2.45) is 5.92 Å². The fourth-order valence-corrected chi connectivity index (χ4v) is 3.21. The van der Waals surface area contributed by atoms with Crippen molar-refractivity contribution in [3.05, 3.63) is 0 Å². The standard InChI is InChI=1S/C13H24N2O2/c1-7-16-10-12(1)9-14-3-5-15(6-4-14)13-2-8-17-11-13/h12-13H,1-11H2/t12-,13-/m0/s1. The van der Waals surface area contributed by atoms with E-state index >= 15 is 0 Å². The molecule has 0 saturated carbocycles. The highest BCUT2D eigenvalue weighted by Crippen LogP contribution is 2.18. The van der Waals surface area contributed by atoms with Gasteiger partial charge in [0.2, 0.25) is 0 Å². The average molecular weight is 240 g/mol. The monoisotopic (exact) mass is 240 g/mol. The highest BCUT2D eigenvalue weighted by molar-refractivity contribution is 4.82. The lowest BCUT2D eigenvalue weighted by atomic mass is 10.1. The Labute approximate surface area is 104 Å². The van der Waals surface area contributed by atoms with Gasteiger partial charge in [-0.3, -0.25) is 4.90 Å². The molecule has 0 aliphatic carbocycles. The summed E-state index contributed by atoms with van der Waals surface area (Å²) in [5.74, 6) is 0.788. The first kappa shape index (κ1) is 11.9. The van der Waals surface area contributed by atoms with Gasteiger partial charge in [-0.05, 0) is 18.8 Å². The van der Waals surface area contributed by atoms with E-state index in [9.17, 15) is 0 Å². The molecule has 3 saturated heterocycles. The summed E-state index contributed by atoms with van der Waals surface area (Å²) in [5, 5.41) is 0. The molecule has 17 heavy (non-hydrogen) atoms. The third-order valence-corrected chi connectivity index (χ3v) is 4.37. The molecule has 4 heteroatoms. The van der Waals surface area contributed by atoms with E-state index in [4.69, 9.17) is 9.47 Å². The lowest BCUT2D eigenvalue weighted by molar-refractivity contribution is 0.0747. The molecule has 0 amide bonds. The van der Waals surface area contributed by atoms with Gasteiger partial charge in [-0.2, -0.15) is 0 Å². The molecule has 0 aromatic heterocycles. The summed E-state index contributed by atoms with van der Waals surface area (Å²) in [5.41, 5.74) is 0. The molecule has 3 fully saturated rings. The Balaban J connectivity index is 1.40. The fourth-order valence-electron chi connectivity index (χ4n) is 3.21. The smallest absolute Gasteiger partial charge is 0.0622 e. The molecule has 4 nitrogen and oxygen atoms in total. The van der Waals surface area contributed by atoms with Crippen LogP contribution in [0.3, 0.4) is 0 Å². The molecule has 0 aromatic rings. The van der Waals surface area contributed by atoms with Gasteiger partial charge < -0.3 is 14.4 Å². The molecule has 98 valence electrons. The van der Waals surface area contributed by atoms with E-state index in [1.165, 1.54) is 45.6 Å². The van der Waals surface area contributed by atoms with E-state index in [2.05, 4.69) is 9.80 Å². The lowest BCUT2D eigenvalue weighted by Gasteiger charge is -2.38. The predicted octanol–water partition coefficient (Wildman–Crippen LogP) is 0.429. The summed E-state index contributed by atoms with van der Waals surface area (Å²) < 4.78 is 10.9. The largest absolute Gasteiger partial charge is 0.381 e. The summed E-state index contributed by atoms with van der Waals surface area (Å²) in [6.07, 6.45) is 2.49. The van der Waals surface area contributed by atoms with E-state index < -0.39 is 0 Å². The Morgan fingerprint density at radius 2 is 1.65 bits per heavy atom. The second kappa shape index (κ2) is 5.65. The summed E-state index contributed by atoms with van der Waals surface area (Å²) in [6, 6.07) is 0.701. The van der Waals surface area contributed by atoms with Crippen molar-refractivity contribution in [2.75, 3.05) is 59.2 Å². The van der Waals surface area contributed by atoms with Gasteiger partial charge in [0.1, 0.15) is 0 Å². The Bertz CT molecular complexity index is 230. The molecule has 3 aliphatic rings. The molecular formula is C13H24N2O2. The first-order valence-electron chi connectivity index (χ1n) is 7.04. The van der Waals surface area contributed by atoms with Gasteiger partial charge in [-0.15, -0.1) is 0 Å². The van der Waals surface area contributed by atoms with Gasteiger partial charge in [0, 0.05) is 52.0 Å². The maximum absolute atomic E-state index is 5.47. The van der Waals surface area contributed by atoms with Crippen LogP contribution in [0.25, 0.3) is 0 Å². The fraction of sp³-hybridized carbons (Fsp3) is 1.00. The summed E-state index contributed by atoms with van der Waals surface area (Å²) in [4.78, 5) is 5.24. The predicted molar refractivity (Wildman–Crippen MR) is 66.2 cm³/mol. The Hall–Kier alpha value is -0.160. The quantitative estimate of drug-likeness (QED) is 0.714. The van der Waals surface area contributed by atoms with Crippen LogP contribution >= 0.6 is 0 Å². The van der Waals surface area contributed by atoms with Crippen molar-refractivity contribution in [3.8, 4) is 0 Å². The molecule has 0 N–H and O–H groups in total. The molecule has 0 unspecified atom stereocenters. The SMILES string of the molecule is C1C[C@@H](CN2CCN([C@H]3CCOC3)CC2)CO1. The average Bonchev–Trinajstić information content (AvgIpc) is 3.01. The zero-order chi connectivity index (χ0) is 11.5. The first-order chi connectivity index (χ1) is 8.42. The summed E-state index contributed by atoms with van der Waals surface area (Å²) in [7, 11) is 0. The van der Waals surface area contributed by atoms with E-state index in [1.54, 1.807) is 0 Å². The zero-order valence-corrected chi connectivity index (χ0v) is 10.6. The van der Waals surface area contributed by atoms with Crippen molar-refractivity contribution < 1.29 is 9.47 Å². The van der Waals surface area contributed by atoms with Crippen LogP contribution in [0.15, 0.2) is 0 Å². The van der Waals surface area contributed by atoms with Gasteiger partial charge in [0.05, 0.1) is 13.2 Å². The van der Waals surface area contributed by atoms with Crippen LogP contribution in [0.2, 0.25) is 0 Å². The van der Waals surface area contributed by atoms with Crippen LogP contribution in [0, 0.1) is 5.92 Å². The molecule has 0 spiro atoms. The van der Waals surface area contributed by atoms with Crippen molar-refractivity contribution >= 4 is 0 Å². The van der Waals surface area contributed by atoms with Gasteiger partial charge >= 0.3 is 0 Å². The van der Waals surface area contributed by atoms with Crippen LogP contribution in [0.1, 0.15) is 12.8 Å². The van der Waals surface area contributed by atoms with Crippen LogP contribution < -0.4 is 0 Å². The molecular weight excluding hydrogens is 216 g/mol. The third-order valence-electron chi connectivity index (χ3n) is 4.37. The van der Waals surface area contributed by atoms with E-state index in [0.717, 1.165) is 32.3 Å². The van der Waals surface area contributed by atoms with Crippen molar-refractivity contribution in [1.82, 2.24) is 9.80 Å². The summed E-state index contributed by atoms with van der Waals surface area (Å²) in [6.45, 7) is 10.0. The second-order valence-corrected chi connectivity index (χ2v) is 5.58. The second-order valence-electron chi connectivity index (χ2n) is 5.58. The molecule has 0 bridgehead atoms. The number of hydrogen-bond donors (Lipinski definition) is 0. The Morgan fingerprint density at radius 1 is 0.882 bits per heavy atom. The molecule has 2 atom stereocenters. The number of hydrogen-bond acceptors (Lipinski definition) is 4. The lowest BCUT2D eigenvalue weighted by Crippen LogP contribution is -2.51. The summed E-state index contributed by atoms with van der Waals surface area (Å²) >= 11 is 0. The van der Waals surface area contributed by atoms with Gasteiger partial charge in [-0.25, -0.2) is 0 Å². The zero-order valence-electron chi connectivity index (χ0n) is 10.6. The van der Waals surface area contributed by atoms with E-state index in [-0.39, 0.29) is 0 Å². The number of nitrogens with zero attached hydrogens (tertiary/aromatic N) is 2. The van der Waals surface area contributed by atoms with Crippen molar-refractivity contribution in [3.63, 3.8) is 0 Å². The minimum absolute atomic E-state index is 0.701. The van der Waals surface area contributed by atoms with Crippen LogP contribution in [0.4, 0.5) is 0 Å². The highest BCUT2D eigenvalue weighted by atomic mass is 16.5. The van der Waals surface area contributed by atoms with Gasteiger partial charge in [-0.1, -0.05) is 0 Å². The molecule has 0 radical (unpaired) electrons. The maximum Gasteiger partial charge on any atom is 0.0622 e. The first-order valence-corrected chi connectivity index (χ1v) is 7.04. The minimum atomic E-state index is 0.701. The number of ether oxygens (including phenoxy) is 2. The van der Waals surface area contributed by atoms with Gasteiger partial charge in [0.15, 0.2) is 0 Å². The van der Waals surface area contributed by atoms with E-state index in [1.807, 2.05) is 0 Å². The topological polar surface area (TPSA) is 24.9 Å². The van der Waals surface area contributed by atoms with Crippen LogP contribution in [-0.4, -0.2) is 75.0 Å². The molecule has 3 heterocycles. The Kier molecular flexibility index (Phi) is 3.96. The maximum atomic E-state index is 5.47. The number of rotatable bonds is 3. The molecule has 0 aromatic carbocycles. The van der Waals surface area contributed by atoms with Crippen LogP contribution in [0.5, 0.6) is 0 Å². The van der Waals surface area contributed by atoms with Crippen molar-refractivity contribution in [2.45, 2.75) is 18.9 Å². The minimum Gasteiger partial charge on any atom is -0.381 e. The van der Waals surface area contributed by atoms with Crippen LogP contribution in [-0.2, 0) is 9.47 Å². The van der Waals surface area contributed by atoms with Gasteiger partial charge in [0.25, 0.3) is 0 Å². The Morgan fingerprint density at radius 3 is 2.29 bits per heavy atom. The number of piperazine rings is 1. The highest BCUT2D eigenvalue weighted by Gasteiger charge is 2.28. The van der Waals surface area contributed by atoms with Crippen molar-refractivity contribution in [1.29, 1.82) is 0 Å². The third kappa shape index (κ3) is 2.99. The molecule has 3 rings (SSSR count). The molecule has 3 aliphatic heterocycles.